The fraction of sp³-hybridized carbons (Fsp3) is 0.609. The molecule has 2 aliphatic carbocycles. The van der Waals surface area contributed by atoms with Gasteiger partial charge in [-0.2, -0.15) is 4.98 Å². The number of aromatic nitrogens is 4. The number of likely N-dealkylation sites (N-methyl/N-ethyl adjacent to an activating group) is 1. The van der Waals surface area contributed by atoms with Gasteiger partial charge in [0, 0.05) is 56.5 Å². The van der Waals surface area contributed by atoms with E-state index in [4.69, 9.17) is 20.2 Å². The highest BCUT2D eigenvalue weighted by Gasteiger charge is 2.41. The fourth-order valence-corrected chi connectivity index (χ4v) is 4.37. The van der Waals surface area contributed by atoms with E-state index in [1.165, 1.54) is 0 Å². The van der Waals surface area contributed by atoms with Gasteiger partial charge >= 0.3 is 0 Å². The van der Waals surface area contributed by atoms with Crippen LogP contribution in [0.3, 0.4) is 0 Å². The van der Waals surface area contributed by atoms with Crippen molar-refractivity contribution in [1.82, 2.24) is 24.8 Å². The van der Waals surface area contributed by atoms with E-state index >= 15 is 0 Å². The molecule has 0 aromatic carbocycles. The van der Waals surface area contributed by atoms with Gasteiger partial charge in [-0.15, -0.1) is 0 Å². The molecule has 0 bridgehead atoms. The van der Waals surface area contributed by atoms with Crippen molar-refractivity contribution in [3.63, 3.8) is 0 Å². The van der Waals surface area contributed by atoms with Crippen LogP contribution in [0.5, 0.6) is 5.88 Å². The molecule has 2 aromatic rings. The zero-order valence-electron chi connectivity index (χ0n) is 19.5. The Morgan fingerprint density at radius 1 is 1.29 bits per heavy atom. The molecule has 1 aliphatic heterocycles. The van der Waals surface area contributed by atoms with Crippen LogP contribution in [-0.4, -0.2) is 86.9 Å². The van der Waals surface area contributed by atoms with Crippen LogP contribution in [0.15, 0.2) is 18.5 Å². The van der Waals surface area contributed by atoms with Crippen LogP contribution in [0.2, 0.25) is 0 Å². The number of rotatable bonds is 7. The average molecular weight is 470 g/mol. The molecule has 0 spiro atoms. The van der Waals surface area contributed by atoms with Gasteiger partial charge < -0.3 is 30.1 Å². The van der Waals surface area contributed by atoms with Crippen LogP contribution in [0.4, 0.5) is 11.9 Å². The van der Waals surface area contributed by atoms with Gasteiger partial charge in [-0.05, 0) is 25.7 Å². The first-order chi connectivity index (χ1) is 16.4. The molecule has 5 rings (SSSR count). The first kappa shape index (κ1) is 22.7. The quantitative estimate of drug-likeness (QED) is 0.600. The molecule has 1 amide bonds. The van der Waals surface area contributed by atoms with Gasteiger partial charge in [0.1, 0.15) is 12.2 Å². The van der Waals surface area contributed by atoms with Crippen LogP contribution >= 0.6 is 0 Å². The van der Waals surface area contributed by atoms with E-state index in [2.05, 4.69) is 26.8 Å². The number of aliphatic hydroxyl groups is 1. The SMILES string of the molecule is C[C@H]1COCCN1c1nc(OC2CC(N(C)C(=O)[C@@H](O)C3CC3)C2)cc(-c2cnc(N)nc2)n1. The second-order valence-corrected chi connectivity index (χ2v) is 9.44. The summed E-state index contributed by atoms with van der Waals surface area (Å²) in [4.78, 5) is 33.8. The summed E-state index contributed by atoms with van der Waals surface area (Å²) >= 11 is 0. The van der Waals surface area contributed by atoms with Gasteiger partial charge in [-0.1, -0.05) is 0 Å². The maximum Gasteiger partial charge on any atom is 0.251 e. The van der Waals surface area contributed by atoms with E-state index in [1.54, 1.807) is 30.4 Å². The fourth-order valence-electron chi connectivity index (χ4n) is 4.37. The third kappa shape index (κ3) is 4.76. The summed E-state index contributed by atoms with van der Waals surface area (Å²) < 4.78 is 11.8. The van der Waals surface area contributed by atoms with Crippen molar-refractivity contribution in [3.05, 3.63) is 18.5 Å². The number of anilines is 2. The molecular formula is C23H31N7O4. The number of nitrogens with zero attached hydrogens (tertiary/aromatic N) is 6. The molecule has 11 heteroatoms. The van der Waals surface area contributed by atoms with Gasteiger partial charge in [-0.25, -0.2) is 15.0 Å². The number of hydrogen-bond donors (Lipinski definition) is 2. The molecule has 2 aromatic heterocycles. The Bertz CT molecular complexity index is 1030. The molecule has 2 saturated carbocycles. The van der Waals surface area contributed by atoms with E-state index in [0.29, 0.717) is 50.1 Å². The van der Waals surface area contributed by atoms with Crippen LogP contribution in [0, 0.1) is 5.92 Å². The number of hydrogen-bond acceptors (Lipinski definition) is 10. The smallest absolute Gasteiger partial charge is 0.251 e. The minimum absolute atomic E-state index is 0.0523. The second-order valence-electron chi connectivity index (χ2n) is 9.44. The first-order valence-corrected chi connectivity index (χ1v) is 11.8. The van der Waals surface area contributed by atoms with Crippen molar-refractivity contribution in [3.8, 4) is 17.1 Å². The minimum Gasteiger partial charge on any atom is -0.474 e. The highest BCUT2D eigenvalue weighted by atomic mass is 16.5. The van der Waals surface area contributed by atoms with Gasteiger partial charge in [0.2, 0.25) is 17.8 Å². The number of amides is 1. The molecule has 0 unspecified atom stereocenters. The number of nitrogen functional groups attached to an aromatic ring is 1. The van der Waals surface area contributed by atoms with Crippen LogP contribution in [0.1, 0.15) is 32.6 Å². The third-order valence-electron chi connectivity index (χ3n) is 6.86. The third-order valence-corrected chi connectivity index (χ3v) is 6.86. The zero-order chi connectivity index (χ0) is 23.8. The lowest BCUT2D eigenvalue weighted by atomic mass is 9.87. The molecule has 3 fully saturated rings. The number of carbonyl (C=O) groups excluding carboxylic acids is 1. The molecule has 34 heavy (non-hydrogen) atoms. The lowest BCUT2D eigenvalue weighted by Gasteiger charge is -2.41. The highest BCUT2D eigenvalue weighted by molar-refractivity contribution is 5.81. The van der Waals surface area contributed by atoms with Gasteiger partial charge in [-0.3, -0.25) is 4.79 Å². The van der Waals surface area contributed by atoms with Gasteiger partial charge in [0.15, 0.2) is 0 Å². The molecule has 2 atom stereocenters. The lowest BCUT2D eigenvalue weighted by Crippen LogP contribution is -2.52. The summed E-state index contributed by atoms with van der Waals surface area (Å²) in [5.41, 5.74) is 7.01. The topological polar surface area (TPSA) is 140 Å². The minimum atomic E-state index is -0.880. The van der Waals surface area contributed by atoms with Crippen LogP contribution in [-0.2, 0) is 9.53 Å². The summed E-state index contributed by atoms with van der Waals surface area (Å²) in [6.07, 6.45) is 5.54. The second kappa shape index (κ2) is 9.30. The van der Waals surface area contributed by atoms with E-state index in [1.807, 2.05) is 0 Å². The van der Waals surface area contributed by atoms with Crippen LogP contribution in [0.25, 0.3) is 11.3 Å². The summed E-state index contributed by atoms with van der Waals surface area (Å²) in [7, 11) is 1.76. The predicted octanol–water partition coefficient (Wildman–Crippen LogP) is 0.880. The van der Waals surface area contributed by atoms with Crippen molar-refractivity contribution in [1.29, 1.82) is 0 Å². The monoisotopic (exact) mass is 469 g/mol. The number of nitrogens with two attached hydrogens (primary N) is 1. The van der Waals surface area contributed by atoms with Crippen molar-refractivity contribution in [2.24, 2.45) is 5.92 Å². The molecule has 182 valence electrons. The number of aliphatic hydroxyl groups excluding tert-OH is 1. The van der Waals surface area contributed by atoms with E-state index < -0.39 is 6.10 Å². The Kier molecular flexibility index (Phi) is 6.22. The Morgan fingerprint density at radius 2 is 2.03 bits per heavy atom. The molecule has 3 N–H and O–H groups in total. The van der Waals surface area contributed by atoms with Crippen molar-refractivity contribution in [2.75, 3.05) is 37.4 Å². The summed E-state index contributed by atoms with van der Waals surface area (Å²) in [6, 6.07) is 1.96. The molecule has 3 heterocycles. The Labute approximate surface area is 198 Å². The molecule has 0 radical (unpaired) electrons. The summed E-state index contributed by atoms with van der Waals surface area (Å²) in [5.74, 6) is 1.16. The molecule has 11 nitrogen and oxygen atoms in total. The standard InChI is InChI=1S/C23H31N7O4/c1-13-12-33-6-5-30(13)23-27-18(15-10-25-22(24)26-11-15)9-19(28-23)34-17-7-16(8-17)29(2)21(32)20(31)14-3-4-14/h9-11,13-14,16-17,20,31H,3-8,12H2,1-2H3,(H2,24,25,26)/t13-,16?,17?,20-/m0/s1. The molecule has 3 aliphatic rings. The van der Waals surface area contributed by atoms with Crippen molar-refractivity contribution >= 4 is 17.8 Å². The number of carbonyl (C=O) groups is 1. The molecule has 1 saturated heterocycles. The van der Waals surface area contributed by atoms with Gasteiger partial charge in [0.05, 0.1) is 24.9 Å². The zero-order valence-corrected chi connectivity index (χ0v) is 19.5. The van der Waals surface area contributed by atoms with E-state index in [-0.39, 0.29) is 36.0 Å². The Hall–Kier alpha value is -3.05. The summed E-state index contributed by atoms with van der Waals surface area (Å²) in [5, 5.41) is 10.2. The van der Waals surface area contributed by atoms with E-state index in [0.717, 1.165) is 18.4 Å². The average Bonchev–Trinajstić information content (AvgIpc) is 3.66. The van der Waals surface area contributed by atoms with Crippen molar-refractivity contribution < 1.29 is 19.4 Å². The lowest BCUT2D eigenvalue weighted by molar-refractivity contribution is -0.145. The maximum absolute atomic E-state index is 12.5. The Balaban J connectivity index is 1.31. The molecular weight excluding hydrogens is 438 g/mol. The number of morpholine rings is 1. The van der Waals surface area contributed by atoms with Crippen molar-refractivity contribution in [2.45, 2.75) is 56.9 Å². The van der Waals surface area contributed by atoms with Gasteiger partial charge in [0.25, 0.3) is 5.91 Å². The largest absolute Gasteiger partial charge is 0.474 e. The highest BCUT2D eigenvalue weighted by Crippen LogP contribution is 2.36. The normalized spacial score (nSPS) is 25.4. The predicted molar refractivity (Wildman–Crippen MR) is 124 cm³/mol. The first-order valence-electron chi connectivity index (χ1n) is 11.8. The maximum atomic E-state index is 12.5. The van der Waals surface area contributed by atoms with E-state index in [9.17, 15) is 9.90 Å². The van der Waals surface area contributed by atoms with Crippen LogP contribution < -0.4 is 15.4 Å². The summed E-state index contributed by atoms with van der Waals surface area (Å²) in [6.45, 7) is 3.97. The number of ether oxygens (including phenoxy) is 2. The Morgan fingerprint density at radius 3 is 2.71 bits per heavy atom.